The summed E-state index contributed by atoms with van der Waals surface area (Å²) in [5, 5.41) is 0. The minimum Gasteiger partial charge on any atom is -0.485 e. The van der Waals surface area contributed by atoms with E-state index in [2.05, 4.69) is 10.9 Å². The molecule has 0 saturated carbocycles. The molecule has 11 heteroatoms. The number of piperazine rings is 1. The number of hydrazine groups is 1. The number of halogens is 3. The van der Waals surface area contributed by atoms with Crippen molar-refractivity contribution in [3.8, 4) is 11.5 Å². The Bertz CT molecular complexity index is 1010. The maximum atomic E-state index is 12.9. The predicted octanol–water partition coefficient (Wildman–Crippen LogP) is 1.81. The van der Waals surface area contributed by atoms with Crippen LogP contribution in [0.25, 0.3) is 0 Å². The van der Waals surface area contributed by atoms with E-state index in [-0.39, 0.29) is 13.2 Å². The molecule has 33 heavy (non-hydrogen) atoms. The molecule has 4 rings (SSSR count). The van der Waals surface area contributed by atoms with E-state index in [1.807, 2.05) is 9.80 Å². The van der Waals surface area contributed by atoms with Crippen molar-refractivity contribution in [2.75, 3.05) is 44.2 Å². The van der Waals surface area contributed by atoms with E-state index in [9.17, 15) is 22.8 Å². The molecule has 1 fully saturated rings. The van der Waals surface area contributed by atoms with Crippen molar-refractivity contribution < 1.29 is 32.2 Å². The van der Waals surface area contributed by atoms with Crippen LogP contribution in [0.3, 0.4) is 0 Å². The van der Waals surface area contributed by atoms with Crippen molar-refractivity contribution in [2.45, 2.75) is 12.3 Å². The molecule has 8 nitrogen and oxygen atoms in total. The molecule has 1 atom stereocenters. The number of para-hydroxylation sites is 2. The average Bonchev–Trinajstić information content (AvgIpc) is 2.82. The van der Waals surface area contributed by atoms with Gasteiger partial charge in [0.25, 0.3) is 11.8 Å². The SMILES string of the molecule is O=C(CN1CCN(c2cccc(C(F)(F)F)c2)CC1)NNC(=O)[C@H]1COc2ccccc2O1. The first-order chi connectivity index (χ1) is 15.8. The molecule has 2 aliphatic rings. The Morgan fingerprint density at radius 2 is 1.70 bits per heavy atom. The summed E-state index contributed by atoms with van der Waals surface area (Å²) in [6.07, 6.45) is -5.28. The molecule has 2 aliphatic heterocycles. The summed E-state index contributed by atoms with van der Waals surface area (Å²) in [4.78, 5) is 28.2. The molecule has 2 heterocycles. The predicted molar refractivity (Wildman–Crippen MR) is 113 cm³/mol. The molecule has 0 bridgehead atoms. The maximum Gasteiger partial charge on any atom is 0.416 e. The van der Waals surface area contributed by atoms with Gasteiger partial charge in [0.15, 0.2) is 11.5 Å². The van der Waals surface area contributed by atoms with Crippen LogP contribution in [-0.4, -0.2) is 62.1 Å². The molecule has 1 saturated heterocycles. The number of rotatable bonds is 4. The highest BCUT2D eigenvalue weighted by Crippen LogP contribution is 2.32. The van der Waals surface area contributed by atoms with Crippen molar-refractivity contribution >= 4 is 17.5 Å². The Balaban J connectivity index is 1.20. The van der Waals surface area contributed by atoms with Gasteiger partial charge in [-0.25, -0.2) is 0 Å². The fourth-order valence-corrected chi connectivity index (χ4v) is 3.65. The molecule has 0 radical (unpaired) electrons. The fourth-order valence-electron chi connectivity index (χ4n) is 3.65. The lowest BCUT2D eigenvalue weighted by Crippen LogP contribution is -2.54. The van der Waals surface area contributed by atoms with Crippen molar-refractivity contribution in [3.63, 3.8) is 0 Å². The van der Waals surface area contributed by atoms with Crippen molar-refractivity contribution in [3.05, 3.63) is 54.1 Å². The van der Waals surface area contributed by atoms with E-state index in [1.54, 1.807) is 30.3 Å². The summed E-state index contributed by atoms with van der Waals surface area (Å²) in [5.41, 5.74) is 4.52. The summed E-state index contributed by atoms with van der Waals surface area (Å²) in [5.74, 6) is 0.0592. The van der Waals surface area contributed by atoms with Gasteiger partial charge in [0.2, 0.25) is 6.10 Å². The third-order valence-corrected chi connectivity index (χ3v) is 5.40. The lowest BCUT2D eigenvalue weighted by atomic mass is 10.1. The number of hydrogen-bond acceptors (Lipinski definition) is 6. The van der Waals surface area contributed by atoms with Crippen LogP contribution >= 0.6 is 0 Å². The van der Waals surface area contributed by atoms with Crippen molar-refractivity contribution in [1.82, 2.24) is 15.8 Å². The number of carbonyl (C=O) groups excluding carboxylic acids is 2. The number of hydrogen-bond donors (Lipinski definition) is 2. The third-order valence-electron chi connectivity index (χ3n) is 5.40. The monoisotopic (exact) mass is 464 g/mol. The largest absolute Gasteiger partial charge is 0.485 e. The van der Waals surface area contributed by atoms with Gasteiger partial charge in [-0.3, -0.25) is 25.3 Å². The zero-order chi connectivity index (χ0) is 23.4. The Labute approximate surface area is 188 Å². The second-order valence-electron chi connectivity index (χ2n) is 7.71. The van der Waals surface area contributed by atoms with E-state index in [4.69, 9.17) is 9.47 Å². The number of nitrogens with one attached hydrogen (secondary N) is 2. The molecular weight excluding hydrogens is 441 g/mol. The summed E-state index contributed by atoms with van der Waals surface area (Å²) in [7, 11) is 0. The van der Waals surface area contributed by atoms with Gasteiger partial charge >= 0.3 is 6.18 Å². The molecule has 2 N–H and O–H groups in total. The maximum absolute atomic E-state index is 12.9. The normalized spacial score (nSPS) is 18.5. The lowest BCUT2D eigenvalue weighted by Gasteiger charge is -2.36. The summed E-state index contributed by atoms with van der Waals surface area (Å²) in [6.45, 7) is 2.01. The zero-order valence-electron chi connectivity index (χ0n) is 17.6. The van der Waals surface area contributed by atoms with Crippen LogP contribution in [0, 0.1) is 0 Å². The number of carbonyl (C=O) groups is 2. The first-order valence-corrected chi connectivity index (χ1v) is 10.4. The van der Waals surface area contributed by atoms with Gasteiger partial charge in [0, 0.05) is 31.9 Å². The first kappa shape index (κ1) is 22.7. The lowest BCUT2D eigenvalue weighted by molar-refractivity contribution is -0.137. The molecule has 0 unspecified atom stereocenters. The number of alkyl halides is 3. The third kappa shape index (κ3) is 5.67. The van der Waals surface area contributed by atoms with Crippen LogP contribution in [0.1, 0.15) is 5.56 Å². The molecule has 2 aromatic carbocycles. The van der Waals surface area contributed by atoms with E-state index in [0.29, 0.717) is 43.4 Å². The minimum atomic E-state index is -4.39. The van der Waals surface area contributed by atoms with E-state index in [1.165, 1.54) is 6.07 Å². The molecule has 0 aliphatic carbocycles. The number of ether oxygens (including phenoxy) is 2. The van der Waals surface area contributed by atoms with Gasteiger partial charge in [-0.1, -0.05) is 18.2 Å². The Morgan fingerprint density at radius 1 is 0.970 bits per heavy atom. The van der Waals surface area contributed by atoms with Gasteiger partial charge in [0.05, 0.1) is 12.1 Å². The van der Waals surface area contributed by atoms with Crippen LogP contribution in [0.2, 0.25) is 0 Å². The minimum absolute atomic E-state index is 0.0240. The van der Waals surface area contributed by atoms with E-state index >= 15 is 0 Å². The second kappa shape index (κ2) is 9.57. The quantitative estimate of drug-likeness (QED) is 0.672. The summed E-state index contributed by atoms with van der Waals surface area (Å²) in [6, 6.07) is 12.2. The van der Waals surface area contributed by atoms with Crippen LogP contribution < -0.4 is 25.2 Å². The second-order valence-corrected chi connectivity index (χ2v) is 7.71. The standard InChI is InChI=1S/C22H23F3N4O4/c23-22(24,25)15-4-3-5-16(12-15)29-10-8-28(9-11-29)13-20(30)26-27-21(31)19-14-32-17-6-1-2-7-18(17)33-19/h1-7,12,19H,8-11,13-14H2,(H,26,30)(H,27,31)/t19-/m1/s1. The fraction of sp³-hybridized carbons (Fsp3) is 0.364. The van der Waals surface area contributed by atoms with Crippen molar-refractivity contribution in [1.29, 1.82) is 0 Å². The Hall–Kier alpha value is -3.47. The Kier molecular flexibility index (Phi) is 6.59. The van der Waals surface area contributed by atoms with Gasteiger partial charge in [-0.15, -0.1) is 0 Å². The molecule has 176 valence electrons. The van der Waals surface area contributed by atoms with Gasteiger partial charge < -0.3 is 14.4 Å². The summed E-state index contributed by atoms with van der Waals surface area (Å²) >= 11 is 0. The molecule has 0 aromatic heterocycles. The highest BCUT2D eigenvalue weighted by atomic mass is 19.4. The summed E-state index contributed by atoms with van der Waals surface area (Å²) < 4.78 is 49.9. The van der Waals surface area contributed by atoms with Crippen molar-refractivity contribution in [2.24, 2.45) is 0 Å². The number of anilines is 1. The van der Waals surface area contributed by atoms with E-state index in [0.717, 1.165) is 12.1 Å². The van der Waals surface area contributed by atoms with Crippen LogP contribution in [0.4, 0.5) is 18.9 Å². The number of nitrogens with zero attached hydrogens (tertiary/aromatic N) is 2. The number of fused-ring (bicyclic) bond motifs is 1. The van der Waals surface area contributed by atoms with Crippen LogP contribution in [-0.2, 0) is 15.8 Å². The van der Waals surface area contributed by atoms with Gasteiger partial charge in [0.1, 0.15) is 6.61 Å². The molecule has 2 aromatic rings. The van der Waals surface area contributed by atoms with Crippen LogP contribution in [0.5, 0.6) is 11.5 Å². The Morgan fingerprint density at radius 3 is 2.42 bits per heavy atom. The highest BCUT2D eigenvalue weighted by molar-refractivity contribution is 5.86. The van der Waals surface area contributed by atoms with E-state index < -0.39 is 29.7 Å². The smallest absolute Gasteiger partial charge is 0.416 e. The number of benzene rings is 2. The molecular formula is C22H23F3N4O4. The topological polar surface area (TPSA) is 83.1 Å². The molecule has 0 spiro atoms. The zero-order valence-corrected chi connectivity index (χ0v) is 17.6. The van der Waals surface area contributed by atoms with Gasteiger partial charge in [-0.05, 0) is 30.3 Å². The highest BCUT2D eigenvalue weighted by Gasteiger charge is 2.31. The first-order valence-electron chi connectivity index (χ1n) is 10.4. The average molecular weight is 464 g/mol. The van der Waals surface area contributed by atoms with Gasteiger partial charge in [-0.2, -0.15) is 13.2 Å². The molecule has 2 amide bonds. The number of amides is 2. The van der Waals surface area contributed by atoms with Crippen LogP contribution in [0.15, 0.2) is 48.5 Å².